The van der Waals surface area contributed by atoms with Crippen molar-refractivity contribution in [2.24, 2.45) is 11.1 Å². The van der Waals surface area contributed by atoms with Crippen LogP contribution in [-0.2, 0) is 16.0 Å². The fourth-order valence-corrected chi connectivity index (χ4v) is 5.96. The molecule has 0 radical (unpaired) electrons. The topological polar surface area (TPSA) is 140 Å². The summed E-state index contributed by atoms with van der Waals surface area (Å²) < 4.78 is 8.25. The number of benzene rings is 3. The zero-order chi connectivity index (χ0) is 42.7. The van der Waals surface area contributed by atoms with Crippen LogP contribution in [0.2, 0.25) is 5.02 Å². The van der Waals surface area contributed by atoms with Gasteiger partial charge in [0.25, 0.3) is 6.23 Å². The first kappa shape index (κ1) is 48.1. The van der Waals surface area contributed by atoms with Crippen molar-refractivity contribution in [1.29, 1.82) is 0 Å². The molecule has 2 aromatic heterocycles. The van der Waals surface area contributed by atoms with E-state index in [-0.39, 0.29) is 5.78 Å². The molecule has 11 nitrogen and oxygen atoms in total. The zero-order valence-corrected chi connectivity index (χ0v) is 37.2. The lowest BCUT2D eigenvalue weighted by molar-refractivity contribution is -0.139. The third-order valence-electron chi connectivity index (χ3n) is 8.27. The van der Waals surface area contributed by atoms with Gasteiger partial charge in [-0.2, -0.15) is 5.10 Å². The van der Waals surface area contributed by atoms with Crippen LogP contribution in [0.1, 0.15) is 43.7 Å². The van der Waals surface area contributed by atoms with Gasteiger partial charge in [0.05, 0.1) is 0 Å². The van der Waals surface area contributed by atoms with Crippen LogP contribution in [0, 0.1) is 5.41 Å². The summed E-state index contributed by atoms with van der Waals surface area (Å²) >= 11 is 20.8. The number of pyridine rings is 1. The first-order valence-corrected chi connectivity index (χ1v) is 20.6. The SMILES string of the molecule is CC(C)(C)C(=O)C(Oc1ccc(Cl)cc1)n1cncn1.CN(C)C/C=C(/c1ccc(Br)cc1)c1cccnc1.N[C@@H](Cc1ccc(N(CCCl)CCCl)cc1)C(=O)O. The van der Waals surface area contributed by atoms with Crippen LogP contribution in [0.15, 0.2) is 121 Å². The molecule has 0 saturated heterocycles. The quantitative estimate of drug-likeness (QED) is 0.0923. The molecule has 1 unspecified atom stereocenters. The summed E-state index contributed by atoms with van der Waals surface area (Å²) in [5, 5.41) is 13.4. The number of likely N-dealkylation sites (N-methyl/N-ethyl adjacent to an activating group) is 1. The van der Waals surface area contributed by atoms with Gasteiger partial charge in [0, 0.05) is 69.9 Å². The van der Waals surface area contributed by atoms with Crippen molar-refractivity contribution in [1.82, 2.24) is 24.6 Å². The van der Waals surface area contributed by atoms with Crippen molar-refractivity contribution in [3.8, 4) is 5.75 Å². The number of alkyl halides is 2. The number of nitrogens with two attached hydrogens (primary N) is 1. The Morgan fingerprint density at radius 1 is 0.931 bits per heavy atom. The average Bonchev–Trinajstić information content (AvgIpc) is 3.74. The van der Waals surface area contributed by atoms with E-state index in [4.69, 9.17) is 50.4 Å². The number of ether oxygens (including phenoxy) is 1. The number of halogens is 4. The zero-order valence-electron chi connectivity index (χ0n) is 33.3. The van der Waals surface area contributed by atoms with Gasteiger partial charge in [0.1, 0.15) is 24.4 Å². The summed E-state index contributed by atoms with van der Waals surface area (Å²) in [4.78, 5) is 35.5. The number of rotatable bonds is 16. The summed E-state index contributed by atoms with van der Waals surface area (Å²) in [7, 11) is 4.14. The molecule has 310 valence electrons. The predicted octanol–water partition coefficient (Wildman–Crippen LogP) is 8.89. The number of carbonyl (C=O) groups excluding carboxylic acids is 1. The molecule has 0 amide bonds. The van der Waals surface area contributed by atoms with Gasteiger partial charge in [-0.25, -0.2) is 9.67 Å². The number of Topliss-reactive ketones (excluding diaryl/α,β-unsaturated/α-hetero) is 1. The van der Waals surface area contributed by atoms with Crippen LogP contribution in [0.3, 0.4) is 0 Å². The minimum absolute atomic E-state index is 0.0852. The van der Waals surface area contributed by atoms with Gasteiger partial charge >= 0.3 is 5.97 Å². The predicted molar refractivity (Wildman–Crippen MR) is 239 cm³/mol. The van der Waals surface area contributed by atoms with Gasteiger partial charge in [-0.3, -0.25) is 14.6 Å². The number of aromatic nitrogens is 4. The Morgan fingerprint density at radius 3 is 2.07 bits per heavy atom. The number of anilines is 1. The van der Waals surface area contributed by atoms with E-state index in [2.05, 4.69) is 91.3 Å². The maximum absolute atomic E-state index is 12.5. The maximum Gasteiger partial charge on any atom is 0.320 e. The summed E-state index contributed by atoms with van der Waals surface area (Å²) in [5.41, 5.74) is 10.4. The van der Waals surface area contributed by atoms with Crippen LogP contribution in [0.25, 0.3) is 5.57 Å². The lowest BCUT2D eigenvalue weighted by atomic mass is 9.90. The molecular weight excluding hydrogens is 865 g/mol. The summed E-state index contributed by atoms with van der Waals surface area (Å²) in [5.74, 6) is 0.533. The fraction of sp³-hybridized carbons (Fsp3) is 0.326. The number of hydrogen-bond donors (Lipinski definition) is 2. The minimum atomic E-state index is -0.991. The Balaban J connectivity index is 0.000000233. The van der Waals surface area contributed by atoms with Crippen molar-refractivity contribution >= 4 is 73.7 Å². The number of nitrogens with zero attached hydrogens (tertiary/aromatic N) is 6. The van der Waals surface area contributed by atoms with Crippen molar-refractivity contribution < 1.29 is 19.4 Å². The highest BCUT2D eigenvalue weighted by atomic mass is 79.9. The molecule has 5 rings (SSSR count). The molecule has 3 aromatic carbocycles. The summed E-state index contributed by atoms with van der Waals surface area (Å²) in [6.45, 7) is 7.87. The smallest absolute Gasteiger partial charge is 0.320 e. The molecule has 58 heavy (non-hydrogen) atoms. The fourth-order valence-electron chi connectivity index (χ4n) is 5.16. The number of carboxylic acids is 1. The van der Waals surface area contributed by atoms with Gasteiger partial charge in [-0.15, -0.1) is 23.2 Å². The average molecular weight is 916 g/mol. The van der Waals surface area contributed by atoms with E-state index in [0.717, 1.165) is 40.9 Å². The second kappa shape index (κ2) is 24.6. The van der Waals surface area contributed by atoms with Gasteiger partial charge in [-0.05, 0) is 91.8 Å². The monoisotopic (exact) mass is 913 g/mol. The molecule has 0 spiro atoms. The van der Waals surface area contributed by atoms with Gasteiger partial charge in [0.15, 0.2) is 0 Å². The molecule has 15 heteroatoms. The van der Waals surface area contributed by atoms with E-state index in [1.807, 2.05) is 57.3 Å². The summed E-state index contributed by atoms with van der Waals surface area (Å²) in [6, 6.07) is 26.0. The van der Waals surface area contributed by atoms with Gasteiger partial charge < -0.3 is 25.4 Å². The van der Waals surface area contributed by atoms with E-state index >= 15 is 0 Å². The van der Waals surface area contributed by atoms with Crippen molar-refractivity contribution in [3.63, 3.8) is 0 Å². The number of carbonyl (C=O) groups is 2. The van der Waals surface area contributed by atoms with Crippen LogP contribution in [0.4, 0.5) is 5.69 Å². The molecule has 2 heterocycles. The van der Waals surface area contributed by atoms with Gasteiger partial charge in [0.2, 0.25) is 5.78 Å². The first-order chi connectivity index (χ1) is 27.6. The molecule has 0 bridgehead atoms. The molecule has 0 saturated carbocycles. The maximum atomic E-state index is 12.5. The van der Waals surface area contributed by atoms with E-state index in [9.17, 15) is 9.59 Å². The molecule has 0 aliphatic rings. The van der Waals surface area contributed by atoms with Crippen molar-refractivity contribution in [3.05, 3.63) is 142 Å². The lowest BCUT2D eigenvalue weighted by Gasteiger charge is -2.25. The molecule has 0 fully saturated rings. The second-order valence-electron chi connectivity index (χ2n) is 14.2. The molecular formula is C43H51BrCl3N7O4. The molecule has 2 atom stereocenters. The Hall–Kier alpha value is -4.30. The van der Waals surface area contributed by atoms with Crippen LogP contribution in [-0.4, -0.2) is 93.0 Å². The molecule has 5 aromatic rings. The minimum Gasteiger partial charge on any atom is -0.480 e. The molecule has 0 aliphatic carbocycles. The number of carboxylic acid groups (broad SMARTS) is 1. The molecule has 3 N–H and O–H groups in total. The van der Waals surface area contributed by atoms with Crippen LogP contribution in [0.5, 0.6) is 5.75 Å². The van der Waals surface area contributed by atoms with Crippen molar-refractivity contribution in [2.45, 2.75) is 39.5 Å². The number of aliphatic carboxylic acids is 1. The van der Waals surface area contributed by atoms with E-state index in [1.54, 1.807) is 30.5 Å². The molecule has 0 aliphatic heterocycles. The van der Waals surface area contributed by atoms with Crippen molar-refractivity contribution in [2.75, 3.05) is 50.4 Å². The first-order valence-electron chi connectivity index (χ1n) is 18.4. The Morgan fingerprint density at radius 2 is 1.57 bits per heavy atom. The standard InChI is InChI=1S/C16H17BrN2.C14H16ClN3O2.C13H18Cl2N2O2/c1-19(2)11-9-16(14-4-3-10-18-12-14)13-5-7-15(17)8-6-13;1-14(2,3)12(19)13(18-9-16-8-17-18)20-11-6-4-10(15)5-7-11;14-5-7-17(8-6-15)11-3-1-10(2-4-11)9-12(16)13(18)19/h3-10,12H,11H2,1-2H3;4-9,13H,1-3H3;1-4,12H,5-9,16H2,(H,18,19)/b16-9-;;/t;;12-/m..0/s1. The third-order valence-corrected chi connectivity index (χ3v) is 9.39. The Kier molecular flexibility index (Phi) is 20.4. The van der Waals surface area contributed by atoms with E-state index < -0.39 is 23.7 Å². The Labute approximate surface area is 364 Å². The summed E-state index contributed by atoms with van der Waals surface area (Å²) in [6.07, 6.45) is 8.25. The normalized spacial score (nSPS) is 12.4. The highest BCUT2D eigenvalue weighted by Gasteiger charge is 2.33. The van der Waals surface area contributed by atoms with E-state index in [1.165, 1.54) is 28.5 Å². The van der Waals surface area contributed by atoms with Crippen LogP contribution >= 0.6 is 50.7 Å². The van der Waals surface area contributed by atoms with Crippen LogP contribution < -0.4 is 15.4 Å². The lowest BCUT2D eigenvalue weighted by Crippen LogP contribution is -2.34. The Bertz CT molecular complexity index is 1970. The number of ketones is 1. The highest BCUT2D eigenvalue weighted by Crippen LogP contribution is 2.27. The van der Waals surface area contributed by atoms with E-state index in [0.29, 0.717) is 29.0 Å². The number of hydrogen-bond acceptors (Lipinski definition) is 9. The van der Waals surface area contributed by atoms with Gasteiger partial charge in [-0.1, -0.05) is 84.7 Å². The highest BCUT2D eigenvalue weighted by molar-refractivity contribution is 9.10. The third kappa shape index (κ3) is 16.5. The second-order valence-corrected chi connectivity index (χ2v) is 16.3. The largest absolute Gasteiger partial charge is 0.480 e.